The Labute approximate surface area is 121 Å². The first kappa shape index (κ1) is 13.2. The summed E-state index contributed by atoms with van der Waals surface area (Å²) in [5, 5.41) is 0. The third kappa shape index (κ3) is 2.35. The number of pyridine rings is 1. The summed E-state index contributed by atoms with van der Waals surface area (Å²) in [5.41, 5.74) is 2.23. The molecule has 1 N–H and O–H groups in total. The van der Waals surface area contributed by atoms with Gasteiger partial charge in [0.05, 0.1) is 32.4 Å². The molecule has 0 spiro atoms. The van der Waals surface area contributed by atoms with E-state index in [9.17, 15) is 0 Å². The van der Waals surface area contributed by atoms with Crippen molar-refractivity contribution in [3.05, 3.63) is 30.3 Å². The Kier molecular flexibility index (Phi) is 3.35. The van der Waals surface area contributed by atoms with E-state index in [0.717, 1.165) is 16.8 Å². The van der Waals surface area contributed by atoms with Gasteiger partial charge in [0, 0.05) is 6.07 Å². The molecule has 0 aliphatic carbocycles. The van der Waals surface area contributed by atoms with Crippen molar-refractivity contribution in [1.29, 1.82) is 0 Å². The van der Waals surface area contributed by atoms with Gasteiger partial charge in [0.2, 0.25) is 5.88 Å². The van der Waals surface area contributed by atoms with Crippen LogP contribution in [-0.2, 0) is 0 Å². The Bertz CT molecular complexity index is 783. The van der Waals surface area contributed by atoms with Crippen LogP contribution < -0.4 is 14.2 Å². The molecule has 6 heteroatoms. The zero-order chi connectivity index (χ0) is 14.8. The highest BCUT2D eigenvalue weighted by molar-refractivity contribution is 5.78. The van der Waals surface area contributed by atoms with Crippen molar-refractivity contribution in [2.75, 3.05) is 21.3 Å². The summed E-state index contributed by atoms with van der Waals surface area (Å²) in [7, 11) is 4.82. The minimum Gasteiger partial charge on any atom is -0.497 e. The van der Waals surface area contributed by atoms with Crippen molar-refractivity contribution in [3.63, 3.8) is 0 Å². The molecular weight excluding hydrogens is 270 g/mol. The molecule has 0 aliphatic rings. The van der Waals surface area contributed by atoms with Crippen molar-refractivity contribution in [2.24, 2.45) is 0 Å². The third-order valence-electron chi connectivity index (χ3n) is 3.19. The molecular formula is C15H15N3O3. The van der Waals surface area contributed by atoms with E-state index in [1.807, 2.05) is 24.3 Å². The molecule has 2 heterocycles. The van der Waals surface area contributed by atoms with Crippen LogP contribution in [0.2, 0.25) is 0 Å². The van der Waals surface area contributed by atoms with Crippen LogP contribution in [0.4, 0.5) is 0 Å². The van der Waals surface area contributed by atoms with Crippen molar-refractivity contribution >= 4 is 11.2 Å². The van der Waals surface area contributed by atoms with Crippen LogP contribution in [0, 0.1) is 0 Å². The number of hydrogen-bond donors (Lipinski definition) is 1. The van der Waals surface area contributed by atoms with E-state index in [0.29, 0.717) is 23.1 Å². The average molecular weight is 285 g/mol. The van der Waals surface area contributed by atoms with Crippen molar-refractivity contribution < 1.29 is 14.2 Å². The molecule has 0 fully saturated rings. The number of H-pyrrole nitrogens is 1. The predicted molar refractivity (Wildman–Crippen MR) is 79.0 cm³/mol. The molecule has 108 valence electrons. The number of nitrogens with one attached hydrogen (secondary N) is 1. The summed E-state index contributed by atoms with van der Waals surface area (Å²) in [6.07, 6.45) is 0. The quantitative estimate of drug-likeness (QED) is 0.798. The molecule has 0 atom stereocenters. The lowest BCUT2D eigenvalue weighted by Gasteiger charge is -2.08. The number of methoxy groups -OCH3 is 3. The highest BCUT2D eigenvalue weighted by atomic mass is 16.5. The summed E-state index contributed by atoms with van der Waals surface area (Å²) in [5.74, 6) is 2.64. The number of nitrogens with zero attached hydrogens (tertiary/aromatic N) is 2. The van der Waals surface area contributed by atoms with Crippen LogP contribution in [-0.4, -0.2) is 36.3 Å². The van der Waals surface area contributed by atoms with E-state index in [4.69, 9.17) is 14.2 Å². The van der Waals surface area contributed by atoms with E-state index in [2.05, 4.69) is 15.0 Å². The van der Waals surface area contributed by atoms with Crippen molar-refractivity contribution in [3.8, 4) is 28.8 Å². The van der Waals surface area contributed by atoms with Gasteiger partial charge in [-0.25, -0.2) is 4.98 Å². The minimum absolute atomic E-state index is 0.526. The number of benzene rings is 1. The van der Waals surface area contributed by atoms with Crippen LogP contribution in [0.3, 0.4) is 0 Å². The maximum atomic E-state index is 5.38. The molecule has 1 aromatic carbocycles. The van der Waals surface area contributed by atoms with Gasteiger partial charge >= 0.3 is 0 Å². The summed E-state index contributed by atoms with van der Waals surface area (Å²) in [6, 6.07) is 9.22. The maximum absolute atomic E-state index is 5.38. The number of aromatic amines is 1. The summed E-state index contributed by atoms with van der Waals surface area (Å²) < 4.78 is 15.7. The lowest BCUT2D eigenvalue weighted by molar-refractivity contribution is 0.399. The number of ether oxygens (including phenoxy) is 3. The van der Waals surface area contributed by atoms with Crippen LogP contribution in [0.5, 0.6) is 17.4 Å². The monoisotopic (exact) mass is 285 g/mol. The molecule has 3 rings (SSSR count). The number of fused-ring (bicyclic) bond motifs is 1. The van der Waals surface area contributed by atoms with E-state index in [1.165, 1.54) is 0 Å². The van der Waals surface area contributed by atoms with E-state index in [1.54, 1.807) is 27.4 Å². The molecule has 6 nitrogen and oxygen atoms in total. The smallest absolute Gasteiger partial charge is 0.215 e. The summed E-state index contributed by atoms with van der Waals surface area (Å²) >= 11 is 0. The molecule has 2 aromatic heterocycles. The second-order valence-electron chi connectivity index (χ2n) is 4.38. The molecule has 3 aromatic rings. The van der Waals surface area contributed by atoms with Gasteiger partial charge in [0.25, 0.3) is 0 Å². The molecule has 0 radical (unpaired) electrons. The summed E-state index contributed by atoms with van der Waals surface area (Å²) in [4.78, 5) is 12.0. The Morgan fingerprint density at radius 3 is 2.48 bits per heavy atom. The van der Waals surface area contributed by atoms with Crippen LogP contribution in [0.25, 0.3) is 22.6 Å². The minimum atomic E-state index is 0.526. The Morgan fingerprint density at radius 1 is 0.905 bits per heavy atom. The van der Waals surface area contributed by atoms with Gasteiger partial charge in [-0.2, -0.15) is 4.98 Å². The molecule has 0 bridgehead atoms. The largest absolute Gasteiger partial charge is 0.497 e. The fourth-order valence-electron chi connectivity index (χ4n) is 2.12. The van der Waals surface area contributed by atoms with Gasteiger partial charge in [-0.3, -0.25) is 0 Å². The fraction of sp³-hybridized carbons (Fsp3) is 0.200. The Morgan fingerprint density at radius 2 is 1.76 bits per heavy atom. The molecule has 21 heavy (non-hydrogen) atoms. The van der Waals surface area contributed by atoms with Gasteiger partial charge in [0.15, 0.2) is 5.65 Å². The topological polar surface area (TPSA) is 69.3 Å². The average Bonchev–Trinajstić information content (AvgIpc) is 2.96. The second-order valence-corrected chi connectivity index (χ2v) is 4.38. The molecule has 0 amide bonds. The lowest BCUT2D eigenvalue weighted by atomic mass is 10.2. The van der Waals surface area contributed by atoms with Crippen molar-refractivity contribution in [1.82, 2.24) is 15.0 Å². The number of hydrogen-bond acceptors (Lipinski definition) is 5. The van der Waals surface area contributed by atoms with Gasteiger partial charge in [-0.05, 0) is 24.3 Å². The van der Waals surface area contributed by atoms with Gasteiger partial charge < -0.3 is 19.2 Å². The number of imidazole rings is 1. The van der Waals surface area contributed by atoms with Crippen LogP contribution in [0.15, 0.2) is 30.3 Å². The molecule has 0 saturated carbocycles. The first-order chi connectivity index (χ1) is 10.2. The van der Waals surface area contributed by atoms with Gasteiger partial charge in [-0.15, -0.1) is 0 Å². The zero-order valence-electron chi connectivity index (χ0n) is 12.0. The van der Waals surface area contributed by atoms with Gasteiger partial charge in [0.1, 0.15) is 17.3 Å². The van der Waals surface area contributed by atoms with E-state index < -0.39 is 0 Å². The summed E-state index contributed by atoms with van der Waals surface area (Å²) in [6.45, 7) is 0. The highest BCUT2D eigenvalue weighted by Gasteiger charge is 2.13. The zero-order valence-corrected chi connectivity index (χ0v) is 12.0. The Hall–Kier alpha value is -2.76. The first-order valence-electron chi connectivity index (χ1n) is 6.38. The SMILES string of the molecule is COc1ccc(OC)c(-c2nc3nc(OC)ccc3[nH]2)c1. The molecule has 0 saturated heterocycles. The Balaban J connectivity index is 2.15. The van der Waals surface area contributed by atoms with E-state index in [-0.39, 0.29) is 0 Å². The highest BCUT2D eigenvalue weighted by Crippen LogP contribution is 2.32. The second kappa shape index (κ2) is 5.32. The predicted octanol–water partition coefficient (Wildman–Crippen LogP) is 2.65. The molecule has 0 aliphatic heterocycles. The number of rotatable bonds is 4. The van der Waals surface area contributed by atoms with Crippen molar-refractivity contribution in [2.45, 2.75) is 0 Å². The normalized spacial score (nSPS) is 10.6. The lowest BCUT2D eigenvalue weighted by Crippen LogP contribution is -1.91. The number of aromatic nitrogens is 3. The fourth-order valence-corrected chi connectivity index (χ4v) is 2.12. The van der Waals surface area contributed by atoms with Crippen LogP contribution in [0.1, 0.15) is 0 Å². The third-order valence-corrected chi connectivity index (χ3v) is 3.19. The van der Waals surface area contributed by atoms with Gasteiger partial charge in [-0.1, -0.05) is 0 Å². The standard InChI is InChI=1S/C15H15N3O3/c1-19-9-4-6-12(20-2)10(8-9)14-16-11-5-7-13(21-3)17-15(11)18-14/h4-8H,1-3H3,(H,16,17,18). The maximum Gasteiger partial charge on any atom is 0.215 e. The molecule has 0 unspecified atom stereocenters. The van der Waals surface area contributed by atoms with E-state index >= 15 is 0 Å². The van der Waals surface area contributed by atoms with Crippen LogP contribution >= 0.6 is 0 Å². The first-order valence-corrected chi connectivity index (χ1v) is 6.38.